The van der Waals surface area contributed by atoms with E-state index < -0.39 is 12.0 Å². The van der Waals surface area contributed by atoms with Crippen LogP contribution in [0.25, 0.3) is 0 Å². The summed E-state index contributed by atoms with van der Waals surface area (Å²) in [5, 5.41) is 9.69. The second kappa shape index (κ2) is 6.19. The van der Waals surface area contributed by atoms with E-state index in [2.05, 4.69) is 4.74 Å². The van der Waals surface area contributed by atoms with Crippen LogP contribution in [0.4, 0.5) is 0 Å². The van der Waals surface area contributed by atoms with Gasteiger partial charge in [0.1, 0.15) is 6.04 Å². The summed E-state index contributed by atoms with van der Waals surface area (Å²) in [5.74, 6) is -0.483. The van der Waals surface area contributed by atoms with Crippen LogP contribution in [0.1, 0.15) is 11.6 Å². The molecule has 1 atom stereocenters. The van der Waals surface area contributed by atoms with E-state index in [4.69, 9.17) is 10.5 Å². The molecule has 0 bridgehead atoms. The number of methoxy groups -OCH3 is 2. The van der Waals surface area contributed by atoms with Gasteiger partial charge >= 0.3 is 5.97 Å². The zero-order valence-electron chi connectivity index (χ0n) is 8.97. The zero-order chi connectivity index (χ0) is 11.4. The van der Waals surface area contributed by atoms with Gasteiger partial charge in [-0.05, 0) is 6.07 Å². The minimum Gasteiger partial charge on any atom is -0.504 e. The third-order valence-corrected chi connectivity index (χ3v) is 2.04. The number of carbonyl (C=O) groups is 1. The fraction of sp³-hybridized carbons (Fsp3) is 0.300. The van der Waals surface area contributed by atoms with Gasteiger partial charge in [-0.15, -0.1) is 12.4 Å². The molecule has 1 aromatic carbocycles. The molecule has 1 rings (SSSR count). The summed E-state index contributed by atoms with van der Waals surface area (Å²) in [6.45, 7) is 0. The molecular formula is C10H14ClNO4. The van der Waals surface area contributed by atoms with E-state index in [1.165, 1.54) is 14.2 Å². The first-order chi connectivity index (χ1) is 7.11. The monoisotopic (exact) mass is 247 g/mol. The molecule has 0 aliphatic carbocycles. The number of carbonyl (C=O) groups excluding carboxylic acids is 1. The van der Waals surface area contributed by atoms with Crippen molar-refractivity contribution in [1.82, 2.24) is 0 Å². The predicted molar refractivity (Wildman–Crippen MR) is 60.9 cm³/mol. The molecule has 0 saturated carbocycles. The standard InChI is InChI=1S/C10H13NO4.ClH/c1-14-7-5-3-4-6(9(7)12)8(11)10(13)15-2;/h3-5,8,12H,11H2,1-2H3;1H/t8-;/m1./s1. The van der Waals surface area contributed by atoms with Crippen molar-refractivity contribution in [3.63, 3.8) is 0 Å². The first kappa shape index (κ1) is 14.5. The largest absolute Gasteiger partial charge is 0.504 e. The maximum Gasteiger partial charge on any atom is 0.327 e. The Morgan fingerprint density at radius 1 is 1.44 bits per heavy atom. The van der Waals surface area contributed by atoms with Crippen LogP contribution in [-0.4, -0.2) is 25.3 Å². The van der Waals surface area contributed by atoms with Gasteiger partial charge in [0, 0.05) is 5.56 Å². The van der Waals surface area contributed by atoms with Crippen molar-refractivity contribution in [2.24, 2.45) is 5.73 Å². The van der Waals surface area contributed by atoms with Crippen LogP contribution >= 0.6 is 12.4 Å². The van der Waals surface area contributed by atoms with Gasteiger partial charge in [-0.2, -0.15) is 0 Å². The van der Waals surface area contributed by atoms with Crippen LogP contribution < -0.4 is 10.5 Å². The predicted octanol–water partition coefficient (Wildman–Crippen LogP) is 0.995. The zero-order valence-corrected chi connectivity index (χ0v) is 9.78. The van der Waals surface area contributed by atoms with E-state index in [-0.39, 0.29) is 29.5 Å². The number of hydrogen-bond donors (Lipinski definition) is 2. The van der Waals surface area contributed by atoms with Gasteiger partial charge in [0.05, 0.1) is 14.2 Å². The molecule has 0 spiro atoms. The summed E-state index contributed by atoms with van der Waals surface area (Å²) in [4.78, 5) is 11.2. The third-order valence-electron chi connectivity index (χ3n) is 2.04. The lowest BCUT2D eigenvalue weighted by Gasteiger charge is -2.13. The normalized spacial score (nSPS) is 11.2. The molecule has 0 saturated heterocycles. The number of hydrogen-bond acceptors (Lipinski definition) is 5. The Kier molecular flexibility index (Phi) is 5.63. The quantitative estimate of drug-likeness (QED) is 0.779. The van der Waals surface area contributed by atoms with Crippen LogP contribution in [0.2, 0.25) is 0 Å². The summed E-state index contributed by atoms with van der Waals surface area (Å²) in [5.41, 5.74) is 5.86. The van der Waals surface area contributed by atoms with Gasteiger partial charge in [-0.1, -0.05) is 12.1 Å². The molecule has 0 aromatic heterocycles. The summed E-state index contributed by atoms with van der Waals surface area (Å²) in [6, 6.07) is 3.74. The molecule has 0 fully saturated rings. The van der Waals surface area contributed by atoms with Gasteiger partial charge in [-0.25, -0.2) is 0 Å². The summed E-state index contributed by atoms with van der Waals surface area (Å²) in [7, 11) is 2.65. The van der Waals surface area contributed by atoms with Crippen molar-refractivity contribution in [3.8, 4) is 11.5 Å². The Morgan fingerprint density at radius 3 is 2.56 bits per heavy atom. The fourth-order valence-electron chi connectivity index (χ4n) is 1.21. The van der Waals surface area contributed by atoms with Gasteiger partial charge in [0.2, 0.25) is 0 Å². The SMILES string of the molecule is COC(=O)[C@H](N)c1cccc(OC)c1O.Cl. The minimum absolute atomic E-state index is 0. The van der Waals surface area contributed by atoms with E-state index >= 15 is 0 Å². The fourth-order valence-corrected chi connectivity index (χ4v) is 1.21. The van der Waals surface area contributed by atoms with Crippen LogP contribution in [0, 0.1) is 0 Å². The number of nitrogens with two attached hydrogens (primary N) is 1. The molecular weight excluding hydrogens is 234 g/mol. The second-order valence-electron chi connectivity index (χ2n) is 2.90. The average Bonchev–Trinajstić information content (AvgIpc) is 2.27. The number of rotatable bonds is 3. The van der Waals surface area contributed by atoms with Crippen LogP contribution in [0.15, 0.2) is 18.2 Å². The lowest BCUT2D eigenvalue weighted by Crippen LogP contribution is -2.22. The number of halogens is 1. The maximum atomic E-state index is 11.2. The van der Waals surface area contributed by atoms with E-state index in [0.29, 0.717) is 0 Å². The molecule has 90 valence electrons. The Bertz CT molecular complexity index is 370. The Morgan fingerprint density at radius 2 is 2.06 bits per heavy atom. The molecule has 6 heteroatoms. The lowest BCUT2D eigenvalue weighted by molar-refractivity contribution is -0.142. The van der Waals surface area contributed by atoms with Crippen molar-refractivity contribution in [2.45, 2.75) is 6.04 Å². The number of ether oxygens (including phenoxy) is 2. The highest BCUT2D eigenvalue weighted by molar-refractivity contribution is 5.85. The van der Waals surface area contributed by atoms with Crippen LogP contribution in [0.5, 0.6) is 11.5 Å². The van der Waals surface area contributed by atoms with E-state index in [1.807, 2.05) is 0 Å². The van der Waals surface area contributed by atoms with Gasteiger partial charge in [0.15, 0.2) is 11.5 Å². The van der Waals surface area contributed by atoms with Crippen molar-refractivity contribution in [3.05, 3.63) is 23.8 Å². The minimum atomic E-state index is -1.01. The van der Waals surface area contributed by atoms with Gasteiger partial charge in [0.25, 0.3) is 0 Å². The molecule has 0 amide bonds. The van der Waals surface area contributed by atoms with Crippen LogP contribution in [0.3, 0.4) is 0 Å². The third kappa shape index (κ3) is 2.77. The lowest BCUT2D eigenvalue weighted by atomic mass is 10.1. The number of phenolic OH excluding ortho intramolecular Hbond substituents is 1. The Hall–Kier alpha value is -1.46. The van der Waals surface area contributed by atoms with Crippen molar-refractivity contribution >= 4 is 18.4 Å². The number of phenols is 1. The summed E-state index contributed by atoms with van der Waals surface area (Å²) >= 11 is 0. The van der Waals surface area contributed by atoms with Gasteiger partial charge < -0.3 is 20.3 Å². The molecule has 0 radical (unpaired) electrons. The molecule has 3 N–H and O–H groups in total. The van der Waals surface area contributed by atoms with Crippen molar-refractivity contribution in [2.75, 3.05) is 14.2 Å². The number of para-hydroxylation sites is 1. The highest BCUT2D eigenvalue weighted by Crippen LogP contribution is 2.32. The topological polar surface area (TPSA) is 81.8 Å². The molecule has 16 heavy (non-hydrogen) atoms. The van der Waals surface area contributed by atoms with E-state index in [0.717, 1.165) is 0 Å². The van der Waals surface area contributed by atoms with Gasteiger partial charge in [-0.3, -0.25) is 4.79 Å². The molecule has 1 aromatic rings. The van der Waals surface area contributed by atoms with E-state index in [9.17, 15) is 9.90 Å². The van der Waals surface area contributed by atoms with Crippen molar-refractivity contribution in [1.29, 1.82) is 0 Å². The van der Waals surface area contributed by atoms with E-state index in [1.54, 1.807) is 18.2 Å². The number of esters is 1. The first-order valence-electron chi connectivity index (χ1n) is 4.31. The molecule has 5 nitrogen and oxygen atoms in total. The molecule has 0 unspecified atom stereocenters. The highest BCUT2D eigenvalue weighted by Gasteiger charge is 2.21. The van der Waals surface area contributed by atoms with Crippen molar-refractivity contribution < 1.29 is 19.4 Å². The first-order valence-corrected chi connectivity index (χ1v) is 4.31. The second-order valence-corrected chi connectivity index (χ2v) is 2.90. The number of aromatic hydroxyl groups is 1. The maximum absolute atomic E-state index is 11.2. The average molecular weight is 248 g/mol. The molecule has 0 aliphatic rings. The molecule has 0 aliphatic heterocycles. The van der Waals surface area contributed by atoms with Crippen LogP contribution in [-0.2, 0) is 9.53 Å². The highest BCUT2D eigenvalue weighted by atomic mass is 35.5. The number of benzene rings is 1. The molecule has 0 heterocycles. The Balaban J connectivity index is 0.00000225. The summed E-state index contributed by atoms with van der Waals surface area (Å²) in [6.07, 6.45) is 0. The smallest absolute Gasteiger partial charge is 0.327 e. The summed E-state index contributed by atoms with van der Waals surface area (Å²) < 4.78 is 9.37. The Labute approximate surface area is 99.6 Å².